The van der Waals surface area contributed by atoms with Crippen molar-refractivity contribution in [3.05, 3.63) is 59.4 Å². The average Bonchev–Trinajstić information content (AvgIpc) is 2.66. The highest BCUT2D eigenvalue weighted by Gasteiger charge is 2.21. The first kappa shape index (κ1) is 22.7. The minimum atomic E-state index is -0.544. The average molecular weight is 397 g/mol. The second-order valence-corrected chi connectivity index (χ2v) is 5.87. The molecule has 1 unspecified atom stereocenters. The van der Waals surface area contributed by atoms with Crippen LogP contribution in [0, 0.1) is 5.82 Å². The largest absolute Gasteiger partial charge is 0.497 e. The van der Waals surface area contributed by atoms with E-state index < -0.39 is 11.9 Å². The van der Waals surface area contributed by atoms with E-state index in [9.17, 15) is 9.18 Å². The van der Waals surface area contributed by atoms with E-state index in [-0.39, 0.29) is 18.3 Å². The number of methoxy groups -OCH3 is 2. The fourth-order valence-corrected chi connectivity index (χ4v) is 2.75. The fourth-order valence-electron chi connectivity index (χ4n) is 2.75. The molecule has 0 saturated carbocycles. The van der Waals surface area contributed by atoms with Gasteiger partial charge in [-0.05, 0) is 55.9 Å². The van der Waals surface area contributed by atoms with E-state index in [1.807, 2.05) is 31.3 Å². The van der Waals surface area contributed by atoms with E-state index in [0.717, 1.165) is 12.1 Å². The lowest BCUT2D eigenvalue weighted by Gasteiger charge is -2.22. The van der Waals surface area contributed by atoms with Gasteiger partial charge < -0.3 is 20.1 Å². The molecule has 0 aliphatic rings. The third kappa shape index (κ3) is 6.41. The summed E-state index contributed by atoms with van der Waals surface area (Å²) < 4.78 is 24.5. The number of hydrogen-bond donors (Lipinski definition) is 2. The number of carbonyl (C=O) groups excluding carboxylic acids is 1. The van der Waals surface area contributed by atoms with Gasteiger partial charge in [0, 0.05) is 12.0 Å². The number of nitrogens with one attached hydrogen (secondary N) is 2. The molecule has 0 aromatic heterocycles. The third-order valence-corrected chi connectivity index (χ3v) is 4.07. The lowest BCUT2D eigenvalue weighted by atomic mass is 9.97. The van der Waals surface area contributed by atoms with Crippen LogP contribution in [-0.4, -0.2) is 33.7 Å². The second kappa shape index (κ2) is 11.4. The zero-order valence-electron chi connectivity index (χ0n) is 15.8. The topological polar surface area (TPSA) is 59.6 Å². The summed E-state index contributed by atoms with van der Waals surface area (Å²) >= 11 is 0. The maximum Gasteiger partial charge on any atom is 0.220 e. The van der Waals surface area contributed by atoms with Gasteiger partial charge in [0.25, 0.3) is 0 Å². The Bertz CT molecular complexity index is 743. The summed E-state index contributed by atoms with van der Waals surface area (Å²) in [5.74, 6) is 0.666. The highest BCUT2D eigenvalue weighted by atomic mass is 35.5. The van der Waals surface area contributed by atoms with Crippen LogP contribution in [0.3, 0.4) is 0 Å². The Morgan fingerprint density at radius 3 is 2.59 bits per heavy atom. The molecule has 27 heavy (non-hydrogen) atoms. The van der Waals surface area contributed by atoms with Crippen molar-refractivity contribution < 1.29 is 18.7 Å². The molecule has 0 aliphatic heterocycles. The third-order valence-electron chi connectivity index (χ3n) is 4.07. The summed E-state index contributed by atoms with van der Waals surface area (Å²) in [7, 11) is 4.94. The molecule has 148 valence electrons. The molecule has 7 heteroatoms. The second-order valence-electron chi connectivity index (χ2n) is 5.87. The maximum atomic E-state index is 13.9. The van der Waals surface area contributed by atoms with Crippen LogP contribution in [0.2, 0.25) is 0 Å². The van der Waals surface area contributed by atoms with Crippen molar-refractivity contribution in [1.82, 2.24) is 10.6 Å². The van der Waals surface area contributed by atoms with Crippen LogP contribution in [0.15, 0.2) is 42.5 Å². The molecule has 1 atom stereocenters. The van der Waals surface area contributed by atoms with Crippen LogP contribution in [0.5, 0.6) is 11.5 Å². The molecule has 0 spiro atoms. The van der Waals surface area contributed by atoms with Crippen molar-refractivity contribution >= 4 is 18.3 Å². The summed E-state index contributed by atoms with van der Waals surface area (Å²) in [6.07, 6.45) is 1.09. The molecular weight excluding hydrogens is 371 g/mol. The lowest BCUT2D eigenvalue weighted by molar-refractivity contribution is -0.121. The molecule has 0 heterocycles. The SMILES string of the molecule is CNCCCC(=O)NC(c1cccc(OC)c1)c1cc(F)ccc1OC.Cl. The Hall–Kier alpha value is -2.31. The monoisotopic (exact) mass is 396 g/mol. The molecule has 0 aliphatic carbocycles. The van der Waals surface area contributed by atoms with Crippen LogP contribution in [0.25, 0.3) is 0 Å². The Morgan fingerprint density at radius 2 is 1.93 bits per heavy atom. The Morgan fingerprint density at radius 1 is 1.15 bits per heavy atom. The Kier molecular flexibility index (Phi) is 9.61. The highest BCUT2D eigenvalue weighted by molar-refractivity contribution is 5.85. The number of carbonyl (C=O) groups is 1. The van der Waals surface area contributed by atoms with Crippen molar-refractivity contribution in [3.63, 3.8) is 0 Å². The molecule has 2 aromatic carbocycles. The van der Waals surface area contributed by atoms with Gasteiger partial charge in [-0.2, -0.15) is 0 Å². The van der Waals surface area contributed by atoms with Crippen molar-refractivity contribution in [1.29, 1.82) is 0 Å². The first-order chi connectivity index (χ1) is 12.6. The molecule has 2 N–H and O–H groups in total. The van der Waals surface area contributed by atoms with Gasteiger partial charge >= 0.3 is 0 Å². The zero-order valence-corrected chi connectivity index (χ0v) is 16.6. The molecule has 0 radical (unpaired) electrons. The number of halogens is 2. The molecular formula is C20H26ClFN2O3. The van der Waals surface area contributed by atoms with E-state index in [0.29, 0.717) is 29.9 Å². The van der Waals surface area contributed by atoms with E-state index in [1.54, 1.807) is 13.2 Å². The van der Waals surface area contributed by atoms with E-state index in [4.69, 9.17) is 9.47 Å². The summed E-state index contributed by atoms with van der Waals surface area (Å²) in [6, 6.07) is 11.1. The summed E-state index contributed by atoms with van der Waals surface area (Å²) in [6.45, 7) is 0.751. The van der Waals surface area contributed by atoms with E-state index in [2.05, 4.69) is 10.6 Å². The van der Waals surface area contributed by atoms with Gasteiger partial charge in [0.15, 0.2) is 0 Å². The van der Waals surface area contributed by atoms with Gasteiger partial charge in [-0.3, -0.25) is 4.79 Å². The van der Waals surface area contributed by atoms with Gasteiger partial charge in [0.1, 0.15) is 17.3 Å². The van der Waals surface area contributed by atoms with Crippen LogP contribution in [0.1, 0.15) is 30.0 Å². The van der Waals surface area contributed by atoms with Crippen molar-refractivity contribution in [2.24, 2.45) is 0 Å². The Labute approximate surface area is 165 Å². The zero-order chi connectivity index (χ0) is 18.9. The molecule has 0 fully saturated rings. The fraction of sp³-hybridized carbons (Fsp3) is 0.350. The minimum Gasteiger partial charge on any atom is -0.497 e. The molecule has 0 saturated heterocycles. The van der Waals surface area contributed by atoms with Crippen LogP contribution < -0.4 is 20.1 Å². The molecule has 0 bridgehead atoms. The number of amides is 1. The predicted octanol–water partition coefficient (Wildman–Crippen LogP) is 3.47. The van der Waals surface area contributed by atoms with Crippen molar-refractivity contribution in [3.8, 4) is 11.5 Å². The summed E-state index contributed by atoms with van der Waals surface area (Å²) in [4.78, 5) is 12.4. The van der Waals surface area contributed by atoms with Gasteiger partial charge in [0.05, 0.1) is 20.3 Å². The van der Waals surface area contributed by atoms with Crippen molar-refractivity contribution in [2.75, 3.05) is 27.8 Å². The standard InChI is InChI=1S/C20H25FN2O3.ClH/c1-22-11-5-8-19(24)23-20(14-6-4-7-16(12-14)25-2)17-13-15(21)9-10-18(17)26-3;/h4,6-7,9-10,12-13,20,22H,5,8,11H2,1-3H3,(H,23,24);1H. The maximum absolute atomic E-state index is 13.9. The van der Waals surface area contributed by atoms with Gasteiger partial charge in [-0.15, -0.1) is 12.4 Å². The lowest BCUT2D eigenvalue weighted by Crippen LogP contribution is -2.30. The van der Waals surface area contributed by atoms with Gasteiger partial charge in [-0.1, -0.05) is 12.1 Å². The molecule has 1 amide bonds. The quantitative estimate of drug-likeness (QED) is 0.637. The van der Waals surface area contributed by atoms with Crippen LogP contribution in [0.4, 0.5) is 4.39 Å². The Balaban J connectivity index is 0.00000364. The van der Waals surface area contributed by atoms with Crippen molar-refractivity contribution in [2.45, 2.75) is 18.9 Å². The number of ether oxygens (including phenoxy) is 2. The van der Waals surface area contributed by atoms with Gasteiger partial charge in [0.2, 0.25) is 5.91 Å². The number of rotatable bonds is 9. The van der Waals surface area contributed by atoms with E-state index >= 15 is 0 Å². The number of hydrogen-bond acceptors (Lipinski definition) is 4. The highest BCUT2D eigenvalue weighted by Crippen LogP contribution is 2.32. The first-order valence-electron chi connectivity index (χ1n) is 8.50. The summed E-state index contributed by atoms with van der Waals surface area (Å²) in [5.41, 5.74) is 1.35. The molecule has 2 aromatic rings. The smallest absolute Gasteiger partial charge is 0.220 e. The number of benzene rings is 2. The minimum absolute atomic E-state index is 0. The summed E-state index contributed by atoms with van der Waals surface area (Å²) in [5, 5.41) is 6.01. The normalized spacial score (nSPS) is 11.3. The van der Waals surface area contributed by atoms with Crippen LogP contribution >= 0.6 is 12.4 Å². The van der Waals surface area contributed by atoms with Gasteiger partial charge in [-0.25, -0.2) is 4.39 Å². The molecule has 5 nitrogen and oxygen atoms in total. The van der Waals surface area contributed by atoms with E-state index in [1.165, 1.54) is 19.2 Å². The predicted molar refractivity (Wildman–Crippen MR) is 106 cm³/mol. The first-order valence-corrected chi connectivity index (χ1v) is 8.50. The molecule has 2 rings (SSSR count). The van der Waals surface area contributed by atoms with Crippen LogP contribution in [-0.2, 0) is 4.79 Å².